The highest BCUT2D eigenvalue weighted by Crippen LogP contribution is 2.28. The molecule has 5 nitrogen and oxygen atoms in total. The first-order valence-electron chi connectivity index (χ1n) is 6.48. The second kappa shape index (κ2) is 6.17. The number of carbonyl (C=O) groups is 1. The van der Waals surface area contributed by atoms with Crippen molar-refractivity contribution in [3.63, 3.8) is 0 Å². The van der Waals surface area contributed by atoms with E-state index < -0.39 is 5.97 Å². The van der Waals surface area contributed by atoms with Crippen LogP contribution in [0.15, 0.2) is 42.5 Å². The molecule has 0 spiro atoms. The number of benzene rings is 2. The molecule has 0 aliphatic heterocycles. The Morgan fingerprint density at radius 2 is 1.90 bits per heavy atom. The van der Waals surface area contributed by atoms with Crippen LogP contribution in [0.5, 0.6) is 5.75 Å². The third-order valence-corrected chi connectivity index (χ3v) is 3.26. The van der Waals surface area contributed by atoms with Crippen molar-refractivity contribution < 1.29 is 14.6 Å². The maximum atomic E-state index is 11.3. The molecule has 0 atom stereocenters. The minimum absolute atomic E-state index is 0.200. The number of nitrogen functional groups attached to an aromatic ring is 1. The molecule has 3 N–H and O–H groups in total. The first-order valence-corrected chi connectivity index (χ1v) is 6.48. The van der Waals surface area contributed by atoms with Crippen molar-refractivity contribution >= 4 is 17.3 Å². The van der Waals surface area contributed by atoms with Gasteiger partial charge in [0, 0.05) is 13.6 Å². The van der Waals surface area contributed by atoms with E-state index in [1.807, 2.05) is 36.2 Å². The van der Waals surface area contributed by atoms with Crippen LogP contribution in [-0.4, -0.2) is 25.2 Å². The number of hydrogen-bond donors (Lipinski definition) is 2. The van der Waals surface area contributed by atoms with Crippen molar-refractivity contribution in [3.8, 4) is 5.75 Å². The fraction of sp³-hybridized carbons (Fsp3) is 0.188. The average molecular weight is 286 g/mol. The Bertz CT molecular complexity index is 638. The van der Waals surface area contributed by atoms with Crippen molar-refractivity contribution in [3.05, 3.63) is 53.6 Å². The molecule has 110 valence electrons. The predicted molar refractivity (Wildman–Crippen MR) is 82.9 cm³/mol. The molecule has 0 unspecified atom stereocenters. The van der Waals surface area contributed by atoms with Crippen LogP contribution in [0.25, 0.3) is 0 Å². The van der Waals surface area contributed by atoms with Crippen LogP contribution in [0.4, 0.5) is 11.4 Å². The predicted octanol–water partition coefficient (Wildman–Crippen LogP) is 2.61. The summed E-state index contributed by atoms with van der Waals surface area (Å²) >= 11 is 0. The lowest BCUT2D eigenvalue weighted by Gasteiger charge is -2.23. The molecule has 0 saturated carbocycles. The van der Waals surface area contributed by atoms with Gasteiger partial charge in [-0.3, -0.25) is 0 Å². The summed E-state index contributed by atoms with van der Waals surface area (Å²) in [4.78, 5) is 13.1. The third-order valence-electron chi connectivity index (χ3n) is 3.26. The van der Waals surface area contributed by atoms with E-state index in [9.17, 15) is 9.90 Å². The van der Waals surface area contributed by atoms with Gasteiger partial charge >= 0.3 is 5.97 Å². The fourth-order valence-electron chi connectivity index (χ4n) is 2.24. The second-order valence-corrected chi connectivity index (χ2v) is 4.75. The molecular formula is C16H18N2O3. The van der Waals surface area contributed by atoms with Gasteiger partial charge in [-0.1, -0.05) is 18.2 Å². The zero-order valence-electron chi connectivity index (χ0n) is 12.0. The van der Waals surface area contributed by atoms with E-state index in [0.29, 0.717) is 17.9 Å². The standard InChI is InChI=1S/C16H18N2O3/c1-18(10-11-6-8-12(21-2)9-7-11)15-13(16(19)20)4-3-5-14(15)17/h3-9H,10,17H2,1-2H3,(H,19,20). The summed E-state index contributed by atoms with van der Waals surface area (Å²) in [6.07, 6.45) is 0. The SMILES string of the molecule is COc1ccc(CN(C)c2c(N)cccc2C(=O)O)cc1. The lowest BCUT2D eigenvalue weighted by Crippen LogP contribution is -2.20. The van der Waals surface area contributed by atoms with Crippen molar-refractivity contribution in [1.29, 1.82) is 0 Å². The number of rotatable bonds is 5. The van der Waals surface area contributed by atoms with Crippen LogP contribution < -0.4 is 15.4 Å². The zero-order valence-corrected chi connectivity index (χ0v) is 12.0. The van der Waals surface area contributed by atoms with Crippen molar-refractivity contribution in [2.45, 2.75) is 6.54 Å². The molecule has 0 aliphatic rings. The number of hydrogen-bond acceptors (Lipinski definition) is 4. The number of carboxylic acids is 1. The Morgan fingerprint density at radius 3 is 2.48 bits per heavy atom. The van der Waals surface area contributed by atoms with E-state index in [1.54, 1.807) is 25.3 Å². The number of anilines is 2. The van der Waals surface area contributed by atoms with Crippen molar-refractivity contribution in [1.82, 2.24) is 0 Å². The van der Waals surface area contributed by atoms with E-state index in [1.165, 1.54) is 0 Å². The van der Waals surface area contributed by atoms with Gasteiger partial charge < -0.3 is 20.5 Å². The van der Waals surface area contributed by atoms with E-state index in [0.717, 1.165) is 11.3 Å². The first kappa shape index (κ1) is 14.7. The number of ether oxygens (including phenoxy) is 1. The largest absolute Gasteiger partial charge is 0.497 e. The van der Waals surface area contributed by atoms with Crippen LogP contribution in [0.2, 0.25) is 0 Å². The van der Waals surface area contributed by atoms with Gasteiger partial charge in [-0.05, 0) is 29.8 Å². The van der Waals surface area contributed by atoms with Crippen molar-refractivity contribution in [2.75, 3.05) is 24.8 Å². The van der Waals surface area contributed by atoms with Crippen LogP contribution in [-0.2, 0) is 6.54 Å². The van der Waals surface area contributed by atoms with Crippen LogP contribution in [0.1, 0.15) is 15.9 Å². The van der Waals surface area contributed by atoms with Crippen LogP contribution in [0.3, 0.4) is 0 Å². The number of aromatic carboxylic acids is 1. The molecule has 0 radical (unpaired) electrons. The maximum absolute atomic E-state index is 11.3. The zero-order chi connectivity index (χ0) is 15.4. The molecule has 2 aromatic carbocycles. The monoisotopic (exact) mass is 286 g/mol. The van der Waals surface area contributed by atoms with E-state index >= 15 is 0 Å². The Morgan fingerprint density at radius 1 is 1.24 bits per heavy atom. The van der Waals surface area contributed by atoms with Gasteiger partial charge in [0.1, 0.15) is 5.75 Å². The summed E-state index contributed by atoms with van der Waals surface area (Å²) in [5.74, 6) is -0.203. The molecule has 0 saturated heterocycles. The van der Waals surface area contributed by atoms with E-state index in [2.05, 4.69) is 0 Å². The Balaban J connectivity index is 2.27. The van der Waals surface area contributed by atoms with Gasteiger partial charge in [0.05, 0.1) is 24.0 Å². The smallest absolute Gasteiger partial charge is 0.337 e. The summed E-state index contributed by atoms with van der Waals surface area (Å²) < 4.78 is 5.12. The normalized spacial score (nSPS) is 10.2. The van der Waals surface area contributed by atoms with E-state index in [4.69, 9.17) is 10.5 Å². The minimum atomic E-state index is -0.987. The highest BCUT2D eigenvalue weighted by atomic mass is 16.5. The van der Waals surface area contributed by atoms with Crippen LogP contribution in [0, 0.1) is 0 Å². The summed E-state index contributed by atoms with van der Waals surface area (Å²) in [5.41, 5.74) is 8.15. The second-order valence-electron chi connectivity index (χ2n) is 4.75. The molecule has 21 heavy (non-hydrogen) atoms. The Hall–Kier alpha value is -2.69. The minimum Gasteiger partial charge on any atom is -0.497 e. The summed E-state index contributed by atoms with van der Waals surface area (Å²) in [6.45, 7) is 0.554. The summed E-state index contributed by atoms with van der Waals surface area (Å²) in [6, 6.07) is 12.5. The average Bonchev–Trinajstić information content (AvgIpc) is 2.47. The van der Waals surface area contributed by atoms with Crippen molar-refractivity contribution in [2.24, 2.45) is 0 Å². The van der Waals surface area contributed by atoms with Gasteiger partial charge in [0.25, 0.3) is 0 Å². The molecule has 0 fully saturated rings. The molecular weight excluding hydrogens is 268 g/mol. The number of methoxy groups -OCH3 is 1. The molecule has 2 aromatic rings. The molecule has 0 bridgehead atoms. The molecule has 0 aromatic heterocycles. The topological polar surface area (TPSA) is 75.8 Å². The Kier molecular flexibility index (Phi) is 4.33. The highest BCUT2D eigenvalue weighted by Gasteiger charge is 2.16. The number of nitrogens with zero attached hydrogens (tertiary/aromatic N) is 1. The number of nitrogens with two attached hydrogens (primary N) is 1. The first-order chi connectivity index (χ1) is 10.0. The van der Waals surface area contributed by atoms with Gasteiger partial charge in [-0.2, -0.15) is 0 Å². The third kappa shape index (κ3) is 3.25. The lowest BCUT2D eigenvalue weighted by atomic mass is 10.1. The molecule has 0 heterocycles. The molecule has 5 heteroatoms. The lowest BCUT2D eigenvalue weighted by molar-refractivity contribution is 0.0697. The molecule has 2 rings (SSSR count). The van der Waals surface area contributed by atoms with E-state index in [-0.39, 0.29) is 5.56 Å². The van der Waals surface area contributed by atoms with Gasteiger partial charge in [0.2, 0.25) is 0 Å². The highest BCUT2D eigenvalue weighted by molar-refractivity contribution is 5.97. The number of para-hydroxylation sites is 1. The molecule has 0 aliphatic carbocycles. The quantitative estimate of drug-likeness (QED) is 0.826. The van der Waals surface area contributed by atoms with Crippen LogP contribution >= 0.6 is 0 Å². The molecule has 0 amide bonds. The summed E-state index contributed by atoms with van der Waals surface area (Å²) in [7, 11) is 3.44. The summed E-state index contributed by atoms with van der Waals surface area (Å²) in [5, 5.41) is 9.27. The maximum Gasteiger partial charge on any atom is 0.337 e. The van der Waals surface area contributed by atoms with Gasteiger partial charge in [0.15, 0.2) is 0 Å². The van der Waals surface area contributed by atoms with Gasteiger partial charge in [-0.15, -0.1) is 0 Å². The number of carboxylic acid groups (broad SMARTS) is 1. The fourth-order valence-corrected chi connectivity index (χ4v) is 2.24. The Labute approximate surface area is 123 Å². The van der Waals surface area contributed by atoms with Gasteiger partial charge in [-0.25, -0.2) is 4.79 Å².